The molecule has 0 aliphatic rings. The number of unbranched alkanes of at least 4 members (excludes halogenated alkanes) is 36. The van der Waals surface area contributed by atoms with Crippen molar-refractivity contribution in [3.8, 4) is 0 Å². The number of nitrogens with zero attached hydrogens (tertiary/aromatic N) is 1. The summed E-state index contributed by atoms with van der Waals surface area (Å²) in [4.78, 5) is 37.9. The molecule has 0 aliphatic heterocycles. The van der Waals surface area contributed by atoms with Gasteiger partial charge in [0.2, 0.25) is 5.91 Å². The number of amides is 1. The zero-order valence-corrected chi connectivity index (χ0v) is 54.9. The van der Waals surface area contributed by atoms with E-state index in [0.29, 0.717) is 17.4 Å². The predicted octanol–water partition coefficient (Wildman–Crippen LogP) is 21.6. The van der Waals surface area contributed by atoms with Crippen molar-refractivity contribution < 1.29 is 37.3 Å². The van der Waals surface area contributed by atoms with Crippen molar-refractivity contribution in [2.75, 3.05) is 40.9 Å². The van der Waals surface area contributed by atoms with Crippen LogP contribution in [-0.2, 0) is 27.9 Å². The lowest BCUT2D eigenvalue weighted by atomic mass is 10.0. The van der Waals surface area contributed by atoms with E-state index in [4.69, 9.17) is 13.8 Å². The molecule has 0 bridgehead atoms. The van der Waals surface area contributed by atoms with Crippen LogP contribution >= 0.6 is 7.82 Å². The van der Waals surface area contributed by atoms with Gasteiger partial charge in [0.25, 0.3) is 0 Å². The van der Waals surface area contributed by atoms with E-state index in [1.54, 1.807) is 0 Å². The van der Waals surface area contributed by atoms with E-state index in [9.17, 15) is 19.0 Å². The average molecular weight is 1160 g/mol. The summed E-state index contributed by atoms with van der Waals surface area (Å²) in [5, 5.41) is 3.07. The number of carbonyl (C=O) groups excluding carboxylic acids is 2. The van der Waals surface area contributed by atoms with E-state index in [-0.39, 0.29) is 31.5 Å². The van der Waals surface area contributed by atoms with E-state index in [0.717, 1.165) is 89.9 Å². The number of rotatable bonds is 62. The van der Waals surface area contributed by atoms with Gasteiger partial charge in [0.05, 0.1) is 33.8 Å². The van der Waals surface area contributed by atoms with E-state index in [1.165, 1.54) is 193 Å². The standard InChI is InChI=1S/C71H131N2O7P/c1-7-10-13-16-19-22-25-28-30-32-33-34-35-36-37-38-39-41-42-45-48-51-54-57-60-63-70(74)72-68(67-79-81(76,77)78-66-65-73(4,5)6)69(62-59-56-53-50-47-44-27-24-21-18-15-12-9-3)80-71(75)64-61-58-55-52-49-46-43-40-31-29-26-23-20-17-14-11-8-2/h19-20,22-23,28-31,33-34,59,62,68-69H,7-18,21,24-27,32,35-58,60-61,63-67H2,1-6H3,(H-,72,74,76,77)/p+1/b22-19-,23-20-,30-28-,31-29-,34-33-,62-59-. The molecule has 0 fully saturated rings. The van der Waals surface area contributed by atoms with Crippen LogP contribution in [0, 0.1) is 0 Å². The summed E-state index contributed by atoms with van der Waals surface area (Å²) >= 11 is 0. The lowest BCUT2D eigenvalue weighted by Crippen LogP contribution is -2.47. The van der Waals surface area contributed by atoms with Gasteiger partial charge in [-0.2, -0.15) is 0 Å². The first-order valence-electron chi connectivity index (χ1n) is 34.3. The van der Waals surface area contributed by atoms with Crippen LogP contribution in [0.4, 0.5) is 0 Å². The number of phosphoric acid groups is 1. The van der Waals surface area contributed by atoms with Gasteiger partial charge >= 0.3 is 13.8 Å². The zero-order valence-electron chi connectivity index (χ0n) is 54.0. The summed E-state index contributed by atoms with van der Waals surface area (Å²) in [6.45, 7) is 6.98. The number of likely N-dealkylation sites (N-methyl/N-ethyl adjacent to an activating group) is 1. The van der Waals surface area contributed by atoms with E-state index >= 15 is 0 Å². The first-order valence-corrected chi connectivity index (χ1v) is 35.8. The number of carbonyl (C=O) groups is 2. The molecule has 10 heteroatoms. The Morgan fingerprint density at radius 3 is 1.15 bits per heavy atom. The summed E-state index contributed by atoms with van der Waals surface area (Å²) in [6, 6.07) is -0.855. The van der Waals surface area contributed by atoms with Gasteiger partial charge in [0, 0.05) is 12.8 Å². The number of hydrogen-bond acceptors (Lipinski definition) is 6. The molecule has 0 aliphatic carbocycles. The molecule has 0 aromatic rings. The summed E-state index contributed by atoms with van der Waals surface area (Å²) in [6.07, 6.45) is 79.0. The molecule has 472 valence electrons. The topological polar surface area (TPSA) is 111 Å². The summed E-state index contributed by atoms with van der Waals surface area (Å²) < 4.78 is 30.8. The van der Waals surface area contributed by atoms with Crippen LogP contribution in [0.1, 0.15) is 316 Å². The fourth-order valence-corrected chi connectivity index (χ4v) is 10.5. The van der Waals surface area contributed by atoms with Crippen LogP contribution in [-0.4, -0.2) is 74.3 Å². The molecule has 9 nitrogen and oxygen atoms in total. The van der Waals surface area contributed by atoms with Gasteiger partial charge in [-0.05, 0) is 102 Å². The van der Waals surface area contributed by atoms with Crippen LogP contribution in [0.3, 0.4) is 0 Å². The quantitative estimate of drug-likeness (QED) is 0.0205. The molecular formula is C71H132N2O7P+. The summed E-state index contributed by atoms with van der Waals surface area (Å²) in [5.74, 6) is -0.509. The molecule has 0 saturated heterocycles. The Hall–Kier alpha value is -2.55. The Labute approximate surface area is 502 Å². The number of hydrogen-bond donors (Lipinski definition) is 2. The molecule has 1 amide bonds. The fourth-order valence-electron chi connectivity index (χ4n) is 9.80. The highest BCUT2D eigenvalue weighted by Gasteiger charge is 2.30. The molecule has 0 heterocycles. The molecule has 0 spiro atoms. The van der Waals surface area contributed by atoms with Gasteiger partial charge in [-0.1, -0.05) is 274 Å². The monoisotopic (exact) mass is 1160 g/mol. The smallest absolute Gasteiger partial charge is 0.456 e. The van der Waals surface area contributed by atoms with E-state index < -0.39 is 20.0 Å². The maximum Gasteiger partial charge on any atom is 0.472 e. The van der Waals surface area contributed by atoms with Gasteiger partial charge in [-0.3, -0.25) is 18.6 Å². The lowest BCUT2D eigenvalue weighted by Gasteiger charge is -2.27. The molecule has 0 aromatic heterocycles. The summed E-state index contributed by atoms with van der Waals surface area (Å²) in [5.41, 5.74) is 0. The highest BCUT2D eigenvalue weighted by atomic mass is 31.2. The molecule has 3 unspecified atom stereocenters. The van der Waals surface area contributed by atoms with Crippen molar-refractivity contribution in [1.82, 2.24) is 5.32 Å². The van der Waals surface area contributed by atoms with Crippen molar-refractivity contribution in [3.63, 3.8) is 0 Å². The predicted molar refractivity (Wildman–Crippen MR) is 351 cm³/mol. The van der Waals surface area contributed by atoms with Gasteiger partial charge in [-0.25, -0.2) is 4.57 Å². The van der Waals surface area contributed by atoms with E-state index in [1.807, 2.05) is 33.3 Å². The number of quaternary nitrogens is 1. The second kappa shape index (κ2) is 60.6. The average Bonchev–Trinajstić information content (AvgIpc) is 3.44. The van der Waals surface area contributed by atoms with Crippen LogP contribution in [0.15, 0.2) is 72.9 Å². The van der Waals surface area contributed by atoms with Crippen LogP contribution in [0.25, 0.3) is 0 Å². The Morgan fingerprint density at radius 1 is 0.432 bits per heavy atom. The maximum atomic E-state index is 13.6. The molecule has 2 N–H and O–H groups in total. The minimum Gasteiger partial charge on any atom is -0.456 e. The SMILES string of the molecule is CCCCC/C=C\C/C=C\C/C=C\CCCCCCCCCCCCCCC(=O)NC(COP(=O)(O)OCC[N+](C)(C)C)C(/C=C\CCCCCCCCCCCCC)OC(=O)CCCCCCCCC/C=C\C/C=C\CCCCC. The number of allylic oxidation sites excluding steroid dienone is 11. The normalized spacial score (nSPS) is 14.0. The molecular weight excluding hydrogens is 1020 g/mol. The highest BCUT2D eigenvalue weighted by Crippen LogP contribution is 2.43. The fraction of sp³-hybridized carbons (Fsp3) is 0.803. The third kappa shape index (κ3) is 61.8. The zero-order chi connectivity index (χ0) is 59.3. The number of esters is 1. The van der Waals surface area contributed by atoms with Gasteiger partial charge in [-0.15, -0.1) is 0 Å². The second-order valence-electron chi connectivity index (χ2n) is 24.3. The van der Waals surface area contributed by atoms with Crippen molar-refractivity contribution in [1.29, 1.82) is 0 Å². The van der Waals surface area contributed by atoms with Crippen LogP contribution in [0.5, 0.6) is 0 Å². The molecule has 0 rings (SSSR count). The van der Waals surface area contributed by atoms with Crippen LogP contribution in [0.2, 0.25) is 0 Å². The molecule has 81 heavy (non-hydrogen) atoms. The Balaban J connectivity index is 5.13. The third-order valence-corrected chi connectivity index (χ3v) is 16.1. The molecule has 3 atom stereocenters. The molecule has 0 saturated carbocycles. The van der Waals surface area contributed by atoms with Crippen LogP contribution < -0.4 is 5.32 Å². The van der Waals surface area contributed by atoms with Gasteiger partial charge in [0.1, 0.15) is 19.3 Å². The minimum atomic E-state index is -4.46. The van der Waals surface area contributed by atoms with Crippen molar-refractivity contribution in [2.45, 2.75) is 328 Å². The largest absolute Gasteiger partial charge is 0.472 e. The first-order chi connectivity index (χ1) is 39.4. The molecule has 0 aromatic carbocycles. The van der Waals surface area contributed by atoms with E-state index in [2.05, 4.69) is 86.8 Å². The lowest BCUT2D eigenvalue weighted by molar-refractivity contribution is -0.870. The minimum absolute atomic E-state index is 0.0372. The Morgan fingerprint density at radius 2 is 0.753 bits per heavy atom. The number of nitrogens with one attached hydrogen (secondary N) is 1. The maximum absolute atomic E-state index is 13.6. The Kier molecular flexibility index (Phi) is 58.7. The van der Waals surface area contributed by atoms with Crippen molar-refractivity contribution >= 4 is 19.7 Å². The highest BCUT2D eigenvalue weighted by molar-refractivity contribution is 7.47. The van der Waals surface area contributed by atoms with Gasteiger partial charge in [0.15, 0.2) is 0 Å². The van der Waals surface area contributed by atoms with Crippen molar-refractivity contribution in [2.24, 2.45) is 0 Å². The number of phosphoric ester groups is 1. The molecule has 0 radical (unpaired) electrons. The number of ether oxygens (including phenoxy) is 1. The second-order valence-corrected chi connectivity index (χ2v) is 25.8. The third-order valence-electron chi connectivity index (χ3n) is 15.1. The van der Waals surface area contributed by atoms with Crippen molar-refractivity contribution in [3.05, 3.63) is 72.9 Å². The first kappa shape index (κ1) is 78.5. The van der Waals surface area contributed by atoms with Gasteiger partial charge < -0.3 is 19.4 Å². The Bertz CT molecular complexity index is 1620. The summed E-state index contributed by atoms with van der Waals surface area (Å²) in [7, 11) is 1.49.